The Balaban J connectivity index is 2.36. The number of aromatic nitrogens is 2. The standard InChI is InChI=1S/C10H9Cl2N3O2S/c1-15-6-13-10(9(15)12)18(16,17)14-8-4-2-3-7(11)5-8/h2-6,14H,1H3. The first-order valence-electron chi connectivity index (χ1n) is 4.85. The van der Waals surface area contributed by atoms with Crippen LogP contribution < -0.4 is 4.72 Å². The fourth-order valence-corrected chi connectivity index (χ4v) is 3.00. The Morgan fingerprint density at radius 1 is 1.33 bits per heavy atom. The van der Waals surface area contributed by atoms with Crippen LogP contribution in [-0.4, -0.2) is 18.0 Å². The van der Waals surface area contributed by atoms with E-state index in [0.29, 0.717) is 10.7 Å². The average molecular weight is 306 g/mol. The van der Waals surface area contributed by atoms with Gasteiger partial charge in [-0.2, -0.15) is 8.42 Å². The average Bonchev–Trinajstić information content (AvgIpc) is 2.59. The molecule has 0 fully saturated rings. The van der Waals surface area contributed by atoms with Gasteiger partial charge in [-0.25, -0.2) is 4.98 Å². The molecule has 0 amide bonds. The Hall–Kier alpha value is -1.24. The van der Waals surface area contributed by atoms with E-state index in [1.807, 2.05) is 0 Å². The smallest absolute Gasteiger partial charge is 0.282 e. The van der Waals surface area contributed by atoms with Crippen LogP contribution in [-0.2, 0) is 17.1 Å². The van der Waals surface area contributed by atoms with E-state index in [-0.39, 0.29) is 10.2 Å². The van der Waals surface area contributed by atoms with Crippen LogP contribution in [0.2, 0.25) is 10.2 Å². The predicted octanol–water partition coefficient (Wildman–Crippen LogP) is 2.53. The highest BCUT2D eigenvalue weighted by Gasteiger charge is 2.22. The van der Waals surface area contributed by atoms with Crippen molar-refractivity contribution in [3.05, 3.63) is 40.8 Å². The van der Waals surface area contributed by atoms with Gasteiger partial charge in [-0.1, -0.05) is 29.3 Å². The molecule has 1 N–H and O–H groups in total. The molecular formula is C10H9Cl2N3O2S. The lowest BCUT2D eigenvalue weighted by Crippen LogP contribution is -2.14. The highest BCUT2D eigenvalue weighted by atomic mass is 35.5. The first-order chi connectivity index (χ1) is 8.40. The fourth-order valence-electron chi connectivity index (χ4n) is 1.33. The second-order valence-corrected chi connectivity index (χ2v) is 5.96. The van der Waals surface area contributed by atoms with Crippen LogP contribution in [0.25, 0.3) is 0 Å². The Bertz CT molecular complexity index is 682. The predicted molar refractivity (Wildman–Crippen MR) is 70.5 cm³/mol. The molecule has 0 aliphatic rings. The molecule has 1 aromatic heterocycles. The van der Waals surface area contributed by atoms with Crippen molar-refractivity contribution in [2.24, 2.45) is 7.05 Å². The molecule has 2 rings (SSSR count). The molecule has 5 nitrogen and oxygen atoms in total. The molecule has 0 radical (unpaired) electrons. The molecule has 0 saturated carbocycles. The molecular weight excluding hydrogens is 297 g/mol. The van der Waals surface area contributed by atoms with Gasteiger partial charge in [0.05, 0.1) is 12.0 Å². The summed E-state index contributed by atoms with van der Waals surface area (Å²) in [6, 6.07) is 6.36. The summed E-state index contributed by atoms with van der Waals surface area (Å²) in [5, 5.41) is 0.262. The number of rotatable bonds is 3. The second kappa shape index (κ2) is 4.79. The molecule has 0 unspecified atom stereocenters. The van der Waals surface area contributed by atoms with Gasteiger partial charge >= 0.3 is 0 Å². The van der Waals surface area contributed by atoms with Crippen molar-refractivity contribution in [2.75, 3.05) is 4.72 Å². The quantitative estimate of drug-likeness (QED) is 0.947. The van der Waals surface area contributed by atoms with Gasteiger partial charge in [0.2, 0.25) is 5.03 Å². The van der Waals surface area contributed by atoms with E-state index in [0.717, 1.165) is 0 Å². The van der Waals surface area contributed by atoms with Crippen molar-refractivity contribution in [3.63, 3.8) is 0 Å². The number of sulfonamides is 1. The normalized spacial score (nSPS) is 11.5. The Morgan fingerprint density at radius 3 is 2.61 bits per heavy atom. The number of hydrogen-bond donors (Lipinski definition) is 1. The van der Waals surface area contributed by atoms with Crippen LogP contribution in [0.15, 0.2) is 35.6 Å². The van der Waals surface area contributed by atoms with Crippen LogP contribution in [0.3, 0.4) is 0 Å². The molecule has 96 valence electrons. The van der Waals surface area contributed by atoms with E-state index in [4.69, 9.17) is 23.2 Å². The second-order valence-electron chi connectivity index (χ2n) is 3.57. The van der Waals surface area contributed by atoms with Crippen LogP contribution in [0, 0.1) is 0 Å². The minimum Gasteiger partial charge on any atom is -0.324 e. The zero-order valence-corrected chi connectivity index (χ0v) is 11.6. The molecule has 0 spiro atoms. The van der Waals surface area contributed by atoms with Crippen LogP contribution in [0.5, 0.6) is 0 Å². The van der Waals surface area contributed by atoms with E-state index in [1.165, 1.54) is 17.0 Å². The molecule has 1 heterocycles. The molecule has 0 aliphatic heterocycles. The monoisotopic (exact) mass is 305 g/mol. The number of anilines is 1. The van der Waals surface area contributed by atoms with Crippen LogP contribution in [0.4, 0.5) is 5.69 Å². The Kier molecular flexibility index (Phi) is 3.52. The number of hydrogen-bond acceptors (Lipinski definition) is 3. The van der Waals surface area contributed by atoms with Gasteiger partial charge in [-0.05, 0) is 18.2 Å². The van der Waals surface area contributed by atoms with Crippen molar-refractivity contribution >= 4 is 38.9 Å². The molecule has 0 aliphatic carbocycles. The SMILES string of the molecule is Cn1cnc(S(=O)(=O)Nc2cccc(Cl)c2)c1Cl. The third kappa shape index (κ3) is 2.60. The maximum Gasteiger partial charge on any atom is 0.282 e. The molecule has 0 bridgehead atoms. The van der Waals surface area contributed by atoms with Gasteiger partial charge in [-0.3, -0.25) is 4.72 Å². The topological polar surface area (TPSA) is 64.0 Å². The molecule has 0 saturated heterocycles. The maximum atomic E-state index is 12.0. The van der Waals surface area contributed by atoms with Gasteiger partial charge in [-0.15, -0.1) is 0 Å². The zero-order chi connectivity index (χ0) is 13.3. The molecule has 1 aromatic carbocycles. The molecule has 0 atom stereocenters. The third-order valence-corrected chi connectivity index (χ3v) is 4.27. The summed E-state index contributed by atoms with van der Waals surface area (Å²) < 4.78 is 27.8. The molecule has 2 aromatic rings. The minimum absolute atomic E-state index is 0.0459. The van der Waals surface area contributed by atoms with Crippen LogP contribution in [0.1, 0.15) is 0 Å². The van der Waals surface area contributed by atoms with Crippen molar-refractivity contribution < 1.29 is 8.42 Å². The third-order valence-electron chi connectivity index (χ3n) is 2.17. The van der Waals surface area contributed by atoms with E-state index in [1.54, 1.807) is 25.2 Å². The summed E-state index contributed by atoms with van der Waals surface area (Å²) in [7, 11) is -2.21. The minimum atomic E-state index is -3.81. The van der Waals surface area contributed by atoms with Gasteiger partial charge < -0.3 is 4.57 Å². The first-order valence-corrected chi connectivity index (χ1v) is 7.09. The summed E-state index contributed by atoms with van der Waals surface area (Å²) >= 11 is 11.6. The van der Waals surface area contributed by atoms with Crippen LogP contribution >= 0.6 is 23.2 Å². The summed E-state index contributed by atoms with van der Waals surface area (Å²) in [6.07, 6.45) is 1.33. The lowest BCUT2D eigenvalue weighted by Gasteiger charge is -2.06. The number of aryl methyl sites for hydroxylation is 1. The van der Waals surface area contributed by atoms with E-state index < -0.39 is 10.0 Å². The van der Waals surface area contributed by atoms with Gasteiger partial charge in [0.25, 0.3) is 10.0 Å². The summed E-state index contributed by atoms with van der Waals surface area (Å²) in [5.41, 5.74) is 0.351. The number of halogens is 2. The number of nitrogens with zero attached hydrogens (tertiary/aromatic N) is 2. The lowest BCUT2D eigenvalue weighted by molar-refractivity contribution is 0.598. The summed E-state index contributed by atoms with van der Waals surface area (Å²) in [4.78, 5) is 3.75. The molecule has 8 heteroatoms. The van der Waals surface area contributed by atoms with Crippen molar-refractivity contribution in [3.8, 4) is 0 Å². The van der Waals surface area contributed by atoms with Crippen molar-refractivity contribution in [2.45, 2.75) is 5.03 Å². The highest BCUT2D eigenvalue weighted by Crippen LogP contribution is 2.23. The fraction of sp³-hybridized carbons (Fsp3) is 0.100. The van der Waals surface area contributed by atoms with E-state index >= 15 is 0 Å². The number of nitrogens with one attached hydrogen (secondary N) is 1. The van der Waals surface area contributed by atoms with E-state index in [9.17, 15) is 8.42 Å². The zero-order valence-electron chi connectivity index (χ0n) is 9.26. The Morgan fingerprint density at radius 2 is 2.06 bits per heavy atom. The van der Waals surface area contributed by atoms with E-state index in [2.05, 4.69) is 9.71 Å². The van der Waals surface area contributed by atoms with Gasteiger partial charge in [0, 0.05) is 12.1 Å². The molecule has 18 heavy (non-hydrogen) atoms. The summed E-state index contributed by atoms with van der Waals surface area (Å²) in [6.45, 7) is 0. The summed E-state index contributed by atoms with van der Waals surface area (Å²) in [5.74, 6) is 0. The lowest BCUT2D eigenvalue weighted by atomic mass is 10.3. The largest absolute Gasteiger partial charge is 0.324 e. The Labute approximate surface area is 114 Å². The highest BCUT2D eigenvalue weighted by molar-refractivity contribution is 7.92. The first kappa shape index (κ1) is 13.2. The van der Waals surface area contributed by atoms with Crippen molar-refractivity contribution in [1.82, 2.24) is 9.55 Å². The van der Waals surface area contributed by atoms with Crippen molar-refractivity contribution in [1.29, 1.82) is 0 Å². The number of benzene rings is 1. The van der Waals surface area contributed by atoms with Gasteiger partial charge in [0.1, 0.15) is 5.15 Å². The van der Waals surface area contributed by atoms with Gasteiger partial charge in [0.15, 0.2) is 0 Å². The number of imidazole rings is 1. The maximum absolute atomic E-state index is 12.0.